The number of fused-ring (bicyclic) bond motifs is 1. The molecule has 0 bridgehead atoms. The van der Waals surface area contributed by atoms with Gasteiger partial charge in [0.2, 0.25) is 0 Å². The van der Waals surface area contributed by atoms with Crippen LogP contribution in [0, 0.1) is 10.1 Å². The van der Waals surface area contributed by atoms with Crippen LogP contribution in [0.1, 0.15) is 0 Å². The molecule has 2 rings (SSSR count). The van der Waals surface area contributed by atoms with Gasteiger partial charge in [-0.3, -0.25) is 0 Å². The Kier molecular flexibility index (Phi) is 1.34. The molecule has 0 atom stereocenters. The molecule has 6 heteroatoms. The van der Waals surface area contributed by atoms with E-state index in [2.05, 4.69) is 5.48 Å². The van der Waals surface area contributed by atoms with Crippen LogP contribution in [0.3, 0.4) is 0 Å². The highest BCUT2D eigenvalue weighted by molar-refractivity contribution is 5.29. The van der Waals surface area contributed by atoms with E-state index in [0.29, 0.717) is 5.70 Å². The van der Waals surface area contributed by atoms with Gasteiger partial charge < -0.3 is 10.1 Å². The SMILES string of the molecule is O=[N+]([O-])C1=C2C=CC=CN2ON1. The Hall–Kier alpha value is -1.82. The van der Waals surface area contributed by atoms with Gasteiger partial charge in [0.1, 0.15) is 0 Å². The van der Waals surface area contributed by atoms with E-state index in [-0.39, 0.29) is 5.82 Å². The van der Waals surface area contributed by atoms with Gasteiger partial charge in [0.05, 0.1) is 0 Å². The third-order valence-electron chi connectivity index (χ3n) is 1.49. The summed E-state index contributed by atoms with van der Waals surface area (Å²) in [5, 5.41) is 11.7. The van der Waals surface area contributed by atoms with E-state index in [4.69, 9.17) is 4.94 Å². The molecule has 12 heavy (non-hydrogen) atoms. The van der Waals surface area contributed by atoms with Crippen LogP contribution < -0.4 is 5.48 Å². The molecule has 2 aliphatic rings. The number of hydrogen-bond acceptors (Lipinski definition) is 5. The third-order valence-corrected chi connectivity index (χ3v) is 1.49. The van der Waals surface area contributed by atoms with Crippen molar-refractivity contribution in [2.45, 2.75) is 0 Å². The molecule has 2 heterocycles. The smallest absolute Gasteiger partial charge is 0.358 e. The first-order valence-corrected chi connectivity index (χ1v) is 3.25. The minimum Gasteiger partial charge on any atom is -0.358 e. The van der Waals surface area contributed by atoms with E-state index in [9.17, 15) is 10.1 Å². The van der Waals surface area contributed by atoms with Gasteiger partial charge in [-0.05, 0) is 17.1 Å². The summed E-state index contributed by atoms with van der Waals surface area (Å²) in [7, 11) is 0. The molecule has 0 amide bonds. The van der Waals surface area contributed by atoms with Crippen LogP contribution in [0.4, 0.5) is 0 Å². The maximum Gasteiger partial charge on any atom is 0.374 e. The van der Waals surface area contributed by atoms with E-state index in [1.54, 1.807) is 24.4 Å². The summed E-state index contributed by atoms with van der Waals surface area (Å²) in [6, 6.07) is 0. The predicted octanol–water partition coefficient (Wildman–Crippen LogP) is 0.267. The van der Waals surface area contributed by atoms with Gasteiger partial charge in [-0.25, -0.2) is 0 Å². The highest BCUT2D eigenvalue weighted by atomic mass is 16.8. The van der Waals surface area contributed by atoms with Crippen molar-refractivity contribution in [3.63, 3.8) is 0 Å². The van der Waals surface area contributed by atoms with Crippen LogP contribution in [-0.4, -0.2) is 9.99 Å². The molecule has 0 spiro atoms. The van der Waals surface area contributed by atoms with Gasteiger partial charge in [-0.15, -0.1) is 0 Å². The molecular formula is C6H5N3O3. The predicted molar refractivity (Wildman–Crippen MR) is 38.4 cm³/mol. The van der Waals surface area contributed by atoms with Gasteiger partial charge in [-0.1, -0.05) is 16.5 Å². The van der Waals surface area contributed by atoms with Crippen molar-refractivity contribution in [1.82, 2.24) is 10.5 Å². The summed E-state index contributed by atoms with van der Waals surface area (Å²) in [6.07, 6.45) is 6.59. The van der Waals surface area contributed by atoms with Crippen LogP contribution >= 0.6 is 0 Å². The fraction of sp³-hybridized carbons (Fsp3) is 0. The molecule has 0 aliphatic carbocycles. The molecule has 62 valence electrons. The van der Waals surface area contributed by atoms with Crippen LogP contribution in [-0.2, 0) is 4.94 Å². The lowest BCUT2D eigenvalue weighted by Gasteiger charge is -2.08. The second kappa shape index (κ2) is 2.35. The molecule has 2 aliphatic heterocycles. The average molecular weight is 167 g/mol. The molecule has 0 fully saturated rings. The first kappa shape index (κ1) is 6.86. The Morgan fingerprint density at radius 2 is 2.42 bits per heavy atom. The van der Waals surface area contributed by atoms with Crippen LogP contribution in [0.25, 0.3) is 0 Å². The van der Waals surface area contributed by atoms with Gasteiger partial charge in [0, 0.05) is 6.20 Å². The minimum absolute atomic E-state index is 0.143. The molecule has 0 aromatic heterocycles. The number of nitrogens with zero attached hydrogens (tertiary/aromatic N) is 2. The maximum atomic E-state index is 10.4. The zero-order valence-corrected chi connectivity index (χ0v) is 5.93. The van der Waals surface area contributed by atoms with Crippen molar-refractivity contribution in [2.24, 2.45) is 0 Å². The molecule has 0 aromatic rings. The first-order valence-electron chi connectivity index (χ1n) is 3.25. The van der Waals surface area contributed by atoms with E-state index >= 15 is 0 Å². The Balaban J connectivity index is 2.40. The molecule has 0 aromatic carbocycles. The quantitative estimate of drug-likeness (QED) is 0.448. The number of rotatable bonds is 1. The summed E-state index contributed by atoms with van der Waals surface area (Å²) >= 11 is 0. The van der Waals surface area contributed by atoms with Crippen LogP contribution in [0.5, 0.6) is 0 Å². The van der Waals surface area contributed by atoms with Crippen molar-refractivity contribution in [3.05, 3.63) is 46.1 Å². The molecule has 0 saturated heterocycles. The number of nitro groups is 1. The van der Waals surface area contributed by atoms with Gasteiger partial charge >= 0.3 is 5.82 Å². The zero-order valence-electron chi connectivity index (χ0n) is 5.93. The van der Waals surface area contributed by atoms with Gasteiger partial charge in [0.25, 0.3) is 0 Å². The van der Waals surface area contributed by atoms with E-state index in [1.807, 2.05) is 0 Å². The van der Waals surface area contributed by atoms with Crippen molar-refractivity contribution >= 4 is 0 Å². The Bertz CT molecular complexity index is 318. The Labute approximate surface area is 67.5 Å². The van der Waals surface area contributed by atoms with E-state index in [0.717, 1.165) is 0 Å². The average Bonchev–Trinajstić information content (AvgIpc) is 2.47. The normalized spacial score (nSPS) is 19.5. The second-order valence-electron chi connectivity index (χ2n) is 2.21. The zero-order chi connectivity index (χ0) is 8.55. The first-order chi connectivity index (χ1) is 5.79. The number of hydrogen-bond donors (Lipinski definition) is 1. The summed E-state index contributed by atoms with van der Waals surface area (Å²) < 4.78 is 0. The molecule has 0 unspecified atom stereocenters. The summed E-state index contributed by atoms with van der Waals surface area (Å²) in [5.74, 6) is -0.143. The van der Waals surface area contributed by atoms with E-state index in [1.165, 1.54) is 5.06 Å². The standard InChI is InChI=1S/C6H5N3O3/c10-9(11)6-5-3-1-2-4-8(5)12-7-6/h1-4,7H. The second-order valence-corrected chi connectivity index (χ2v) is 2.21. The van der Waals surface area contributed by atoms with Crippen molar-refractivity contribution in [1.29, 1.82) is 0 Å². The van der Waals surface area contributed by atoms with Gasteiger partial charge in [0.15, 0.2) is 5.70 Å². The summed E-state index contributed by atoms with van der Waals surface area (Å²) in [4.78, 5) is 14.6. The van der Waals surface area contributed by atoms with Crippen molar-refractivity contribution in [3.8, 4) is 0 Å². The number of hydroxylamine groups is 3. The monoisotopic (exact) mass is 167 g/mol. The largest absolute Gasteiger partial charge is 0.374 e. The highest BCUT2D eigenvalue weighted by Gasteiger charge is 2.30. The number of allylic oxidation sites excluding steroid dienone is 3. The lowest BCUT2D eigenvalue weighted by Crippen LogP contribution is -2.16. The van der Waals surface area contributed by atoms with Crippen LogP contribution in [0.15, 0.2) is 35.9 Å². The third kappa shape index (κ3) is 0.857. The lowest BCUT2D eigenvalue weighted by atomic mass is 10.3. The Morgan fingerprint density at radius 1 is 1.58 bits per heavy atom. The molecular weight excluding hydrogens is 162 g/mol. The maximum absolute atomic E-state index is 10.4. The Morgan fingerprint density at radius 3 is 3.17 bits per heavy atom. The molecule has 6 nitrogen and oxygen atoms in total. The van der Waals surface area contributed by atoms with Crippen molar-refractivity contribution in [2.75, 3.05) is 0 Å². The summed E-state index contributed by atoms with van der Waals surface area (Å²) in [6.45, 7) is 0. The topological polar surface area (TPSA) is 67.6 Å². The molecule has 1 N–H and O–H groups in total. The van der Waals surface area contributed by atoms with E-state index < -0.39 is 4.92 Å². The van der Waals surface area contributed by atoms with Gasteiger partial charge in [-0.2, -0.15) is 5.06 Å². The fourth-order valence-electron chi connectivity index (χ4n) is 0.967. The highest BCUT2D eigenvalue weighted by Crippen LogP contribution is 2.20. The minimum atomic E-state index is -0.529. The number of nitrogens with one attached hydrogen (secondary N) is 1. The lowest BCUT2D eigenvalue weighted by molar-refractivity contribution is -0.438. The molecule has 0 radical (unpaired) electrons. The fourth-order valence-corrected chi connectivity index (χ4v) is 0.967. The van der Waals surface area contributed by atoms with Crippen molar-refractivity contribution < 1.29 is 9.86 Å². The van der Waals surface area contributed by atoms with Crippen LogP contribution in [0.2, 0.25) is 0 Å². The molecule has 0 saturated carbocycles. The summed E-state index contributed by atoms with van der Waals surface area (Å²) in [5.41, 5.74) is 2.61.